The Hall–Kier alpha value is 0.244. The monoisotopic (exact) mass is 229 g/mol. The van der Waals surface area contributed by atoms with E-state index in [4.69, 9.17) is 0 Å². The number of carbonyl (C=O) groups excluding carboxylic acids is 2. The van der Waals surface area contributed by atoms with Gasteiger partial charge in [0, 0.05) is 38.6 Å². The molecule has 3 nitrogen and oxygen atoms in total. The van der Waals surface area contributed by atoms with Crippen LogP contribution in [-0.2, 0) is 42.3 Å². The predicted molar refractivity (Wildman–Crippen MR) is 36.3 cm³/mol. The van der Waals surface area contributed by atoms with Crippen LogP contribution < -0.4 is 0 Å². The molecule has 0 bridgehead atoms. The number of amides is 2. The van der Waals surface area contributed by atoms with Crippen molar-refractivity contribution in [2.45, 2.75) is 20.3 Å². The molecule has 0 N–H and O–H groups in total. The van der Waals surface area contributed by atoms with Crippen LogP contribution in [0.3, 0.4) is 0 Å². The van der Waals surface area contributed by atoms with Crippen molar-refractivity contribution >= 4 is 11.8 Å². The average Bonchev–Trinajstić information content (AvgIpc) is 2.10. The van der Waals surface area contributed by atoms with E-state index in [2.05, 4.69) is 5.32 Å². The van der Waals surface area contributed by atoms with Crippen LogP contribution in [0.2, 0.25) is 0 Å². The Bertz CT molecular complexity index is 179. The SMILES string of the molecule is CC(C)C1CC(=O)[N-]C1=O.[Y]. The second kappa shape index (κ2) is 4.31. The van der Waals surface area contributed by atoms with E-state index in [9.17, 15) is 9.59 Å². The third-order valence-corrected chi connectivity index (χ3v) is 1.75. The summed E-state index contributed by atoms with van der Waals surface area (Å²) in [6, 6.07) is 0. The molecule has 1 heterocycles. The number of nitrogens with zero attached hydrogens (tertiary/aromatic N) is 1. The predicted octanol–water partition coefficient (Wildman–Crippen LogP) is 1.09. The Kier molecular flexibility index (Phi) is 4.41. The van der Waals surface area contributed by atoms with Gasteiger partial charge in [-0.15, -0.1) is 0 Å². The van der Waals surface area contributed by atoms with Gasteiger partial charge in [-0.2, -0.15) is 0 Å². The van der Waals surface area contributed by atoms with Gasteiger partial charge in [0.2, 0.25) is 0 Å². The Labute approximate surface area is 91.2 Å². The largest absolute Gasteiger partial charge is 0.596 e. The van der Waals surface area contributed by atoms with Crippen molar-refractivity contribution in [3.8, 4) is 0 Å². The van der Waals surface area contributed by atoms with Crippen molar-refractivity contribution in [3.05, 3.63) is 5.32 Å². The van der Waals surface area contributed by atoms with Gasteiger partial charge in [-0.1, -0.05) is 13.8 Å². The van der Waals surface area contributed by atoms with E-state index in [0.29, 0.717) is 6.42 Å². The molecule has 1 unspecified atom stereocenters. The molecule has 1 aliphatic rings. The van der Waals surface area contributed by atoms with Crippen molar-refractivity contribution < 1.29 is 42.3 Å². The maximum absolute atomic E-state index is 10.8. The first-order valence-electron chi connectivity index (χ1n) is 3.39. The van der Waals surface area contributed by atoms with Crippen LogP contribution in [0.25, 0.3) is 5.32 Å². The molecule has 1 rings (SSSR count). The second-order valence-corrected chi connectivity index (χ2v) is 2.90. The summed E-state index contributed by atoms with van der Waals surface area (Å²) in [6.45, 7) is 3.85. The molecule has 0 aromatic carbocycles. The van der Waals surface area contributed by atoms with Gasteiger partial charge in [-0.05, 0) is 12.3 Å². The van der Waals surface area contributed by atoms with Gasteiger partial charge in [-0.3, -0.25) is 0 Å². The molecule has 0 saturated carbocycles. The first-order valence-corrected chi connectivity index (χ1v) is 3.39. The zero-order valence-corrected chi connectivity index (χ0v) is 9.54. The van der Waals surface area contributed by atoms with Crippen molar-refractivity contribution in [3.63, 3.8) is 0 Å². The Morgan fingerprint density at radius 1 is 1.45 bits per heavy atom. The number of hydrogen-bond donors (Lipinski definition) is 0. The third kappa shape index (κ3) is 2.64. The molecule has 0 aromatic rings. The van der Waals surface area contributed by atoms with Gasteiger partial charge in [0.15, 0.2) is 0 Å². The van der Waals surface area contributed by atoms with Crippen LogP contribution in [0.5, 0.6) is 0 Å². The molecule has 1 radical (unpaired) electrons. The third-order valence-electron chi connectivity index (χ3n) is 1.75. The fourth-order valence-corrected chi connectivity index (χ4v) is 1.05. The minimum absolute atomic E-state index is 0. The van der Waals surface area contributed by atoms with Crippen molar-refractivity contribution in [1.82, 2.24) is 0 Å². The molecule has 1 saturated heterocycles. The van der Waals surface area contributed by atoms with Crippen LogP contribution >= 0.6 is 0 Å². The van der Waals surface area contributed by atoms with E-state index in [0.717, 1.165) is 0 Å². The molecule has 1 aliphatic heterocycles. The molecule has 1 atom stereocenters. The minimum Gasteiger partial charge on any atom is -0.596 e. The summed E-state index contributed by atoms with van der Waals surface area (Å²) in [4.78, 5) is 21.4. The zero-order valence-electron chi connectivity index (χ0n) is 6.70. The summed E-state index contributed by atoms with van der Waals surface area (Å²) in [6.07, 6.45) is 0.316. The van der Waals surface area contributed by atoms with Crippen LogP contribution in [0.15, 0.2) is 0 Å². The van der Waals surface area contributed by atoms with Crippen LogP contribution in [0, 0.1) is 11.8 Å². The fraction of sp³-hybridized carbons (Fsp3) is 0.714. The smallest absolute Gasteiger partial charge is 0.0603 e. The van der Waals surface area contributed by atoms with E-state index in [1.165, 1.54) is 0 Å². The molecule has 0 spiro atoms. The minimum atomic E-state index is -0.260. The summed E-state index contributed by atoms with van der Waals surface area (Å²) in [5, 5.41) is 3.31. The van der Waals surface area contributed by atoms with E-state index < -0.39 is 0 Å². The van der Waals surface area contributed by atoms with E-state index >= 15 is 0 Å². The summed E-state index contributed by atoms with van der Waals surface area (Å²) < 4.78 is 0. The van der Waals surface area contributed by atoms with Gasteiger partial charge in [-0.25, -0.2) is 0 Å². The Balaban J connectivity index is 0.000001000. The van der Waals surface area contributed by atoms with Crippen LogP contribution in [0.4, 0.5) is 0 Å². The second-order valence-electron chi connectivity index (χ2n) is 2.90. The first kappa shape index (κ1) is 11.2. The normalized spacial score (nSPS) is 23.4. The Morgan fingerprint density at radius 2 is 2.00 bits per heavy atom. The van der Waals surface area contributed by atoms with E-state index in [1.54, 1.807) is 0 Å². The molecule has 0 aromatic heterocycles. The molecule has 0 aliphatic carbocycles. The molecule has 59 valence electrons. The van der Waals surface area contributed by atoms with Gasteiger partial charge < -0.3 is 14.9 Å². The fourth-order valence-electron chi connectivity index (χ4n) is 1.05. The van der Waals surface area contributed by atoms with Gasteiger partial charge in [0.25, 0.3) is 0 Å². The summed E-state index contributed by atoms with van der Waals surface area (Å²) >= 11 is 0. The quantitative estimate of drug-likeness (QED) is 0.632. The number of carbonyl (C=O) groups is 2. The molecule has 4 heteroatoms. The van der Waals surface area contributed by atoms with Gasteiger partial charge in [0.1, 0.15) is 0 Å². The first-order chi connectivity index (χ1) is 4.61. The zero-order chi connectivity index (χ0) is 7.72. The maximum Gasteiger partial charge on any atom is 0.0603 e. The molecule has 1 fully saturated rings. The summed E-state index contributed by atoms with van der Waals surface area (Å²) in [7, 11) is 0. The van der Waals surface area contributed by atoms with E-state index in [1.807, 2.05) is 13.8 Å². The van der Waals surface area contributed by atoms with Crippen molar-refractivity contribution in [2.24, 2.45) is 11.8 Å². The van der Waals surface area contributed by atoms with Crippen LogP contribution in [-0.4, -0.2) is 11.8 Å². The molecular weight excluding hydrogens is 219 g/mol. The standard InChI is InChI=1S/C7H11NO2.Y/c1-4(2)5-3-6(9)8-7(5)10;/h4-5H,3H2,1-2H3,(H,8,9,10);/p-1. The number of imide groups is 1. The van der Waals surface area contributed by atoms with Crippen LogP contribution in [0.1, 0.15) is 20.3 Å². The molecule has 11 heavy (non-hydrogen) atoms. The van der Waals surface area contributed by atoms with Gasteiger partial charge >= 0.3 is 0 Å². The average molecular weight is 229 g/mol. The van der Waals surface area contributed by atoms with Crippen molar-refractivity contribution in [2.75, 3.05) is 0 Å². The van der Waals surface area contributed by atoms with Gasteiger partial charge in [0.05, 0.1) is 11.8 Å². The Morgan fingerprint density at radius 3 is 2.18 bits per heavy atom. The molecule has 2 amide bonds. The topological polar surface area (TPSA) is 48.2 Å². The summed E-state index contributed by atoms with van der Waals surface area (Å²) in [5.41, 5.74) is 0. The van der Waals surface area contributed by atoms with Crippen molar-refractivity contribution in [1.29, 1.82) is 0 Å². The number of rotatable bonds is 1. The van der Waals surface area contributed by atoms with E-state index in [-0.39, 0.29) is 56.4 Å². The number of hydrogen-bond acceptors (Lipinski definition) is 2. The summed E-state index contributed by atoms with van der Waals surface area (Å²) in [5.74, 6) is -0.404. The molecular formula is C7H10NO2Y-. The maximum atomic E-state index is 10.8.